The van der Waals surface area contributed by atoms with Gasteiger partial charge in [0, 0.05) is 55.8 Å². The van der Waals surface area contributed by atoms with Crippen molar-refractivity contribution >= 4 is 35.3 Å². The zero-order chi connectivity index (χ0) is 64.2. The molecule has 12 saturated carbocycles. The normalized spacial score (nSPS) is 47.1. The largest absolute Gasteiger partial charge is 0.481 e. The van der Waals surface area contributed by atoms with Crippen LogP contribution in [0.1, 0.15) is 276 Å². The molecule has 0 radical (unpaired) electrons. The van der Waals surface area contributed by atoms with Crippen molar-refractivity contribution in [3.8, 4) is 0 Å². The monoisotopic (exact) mass is 1230 g/mol. The molecule has 12 aliphatic carbocycles. The first-order valence-electron chi connectivity index (χ1n) is 36.9. The third-order valence-electron chi connectivity index (χ3n) is 31.0. The average molecular weight is 1230 g/mol. The van der Waals surface area contributed by atoms with Crippen LogP contribution in [0.2, 0.25) is 0 Å². The number of aliphatic hydroxyl groups excluding tert-OH is 2. The van der Waals surface area contributed by atoms with Gasteiger partial charge in [0.25, 0.3) is 0 Å². The number of aliphatic carboxylic acids is 1. The highest BCUT2D eigenvalue weighted by Gasteiger charge is 2.67. The minimum absolute atomic E-state index is 0.0591. The molecule has 0 heterocycles. The van der Waals surface area contributed by atoms with Crippen LogP contribution in [0.15, 0.2) is 0 Å². The summed E-state index contributed by atoms with van der Waals surface area (Å²) in [7, 11) is 2.91. The summed E-state index contributed by atoms with van der Waals surface area (Å²) in [5.74, 6) is 11.0. The SMILES string of the molecule is CC.COC(=O)CC[C@@H](C)C1CCC2C3CC[C@@H]4CC(=O)CC[C@]4(C)C3CC(=O)[C@@]21C.COC(=O)CC[C@@H](C)C1CCC2C3CC[C@@H]4C[C@@H](C)CC[C@]4(C)C3CC(=O)[C@@]21C.C[C@H](CCC(=O)O)C1CCC2C3CC[C@@H]4C[C@H](O)CC[C@]4(C)C3C[C@H](O)[C@@]21C. The fourth-order valence-corrected chi connectivity index (χ4v) is 25.8. The van der Waals surface area contributed by atoms with Crippen molar-refractivity contribution in [2.45, 2.75) is 288 Å². The van der Waals surface area contributed by atoms with Crippen LogP contribution in [0.4, 0.5) is 0 Å². The molecule has 12 fully saturated rings. The summed E-state index contributed by atoms with van der Waals surface area (Å²) in [5, 5.41) is 30.8. The summed E-state index contributed by atoms with van der Waals surface area (Å²) < 4.78 is 9.68. The minimum atomic E-state index is -0.707. The van der Waals surface area contributed by atoms with Crippen molar-refractivity contribution in [2.24, 2.45) is 145 Å². The van der Waals surface area contributed by atoms with Gasteiger partial charge in [-0.15, -0.1) is 0 Å². The Kier molecular flexibility index (Phi) is 21.7. The number of carboxylic acid groups (broad SMARTS) is 1. The van der Waals surface area contributed by atoms with Gasteiger partial charge in [0.15, 0.2) is 0 Å². The van der Waals surface area contributed by atoms with E-state index in [2.05, 4.69) is 69.2 Å². The number of rotatable bonds is 12. The first-order valence-corrected chi connectivity index (χ1v) is 36.9. The van der Waals surface area contributed by atoms with Gasteiger partial charge in [0.2, 0.25) is 0 Å². The van der Waals surface area contributed by atoms with E-state index in [0.717, 1.165) is 114 Å². The Bertz CT molecular complexity index is 2490. The molecular formula is C77H126O11. The maximum Gasteiger partial charge on any atom is 0.305 e. The van der Waals surface area contributed by atoms with Crippen LogP contribution < -0.4 is 0 Å². The van der Waals surface area contributed by atoms with Crippen molar-refractivity contribution < 1.29 is 53.6 Å². The Labute approximate surface area is 533 Å². The number of ketones is 3. The molecule has 12 unspecified atom stereocenters. The van der Waals surface area contributed by atoms with Gasteiger partial charge < -0.3 is 24.8 Å². The highest BCUT2D eigenvalue weighted by Crippen LogP contribution is 2.71. The molecule has 0 aliphatic heterocycles. The Morgan fingerprint density at radius 1 is 0.489 bits per heavy atom. The average Bonchev–Trinajstić information content (AvgIpc) is 1.35. The van der Waals surface area contributed by atoms with E-state index in [4.69, 9.17) is 14.6 Å². The number of fused-ring (bicyclic) bond motifs is 15. The van der Waals surface area contributed by atoms with E-state index in [0.29, 0.717) is 143 Å². The smallest absolute Gasteiger partial charge is 0.305 e. The summed E-state index contributed by atoms with van der Waals surface area (Å²) in [4.78, 5) is 73.8. The van der Waals surface area contributed by atoms with Crippen LogP contribution >= 0.6 is 0 Å². The fourth-order valence-electron chi connectivity index (χ4n) is 25.8. The molecule has 0 amide bonds. The molecule has 12 rings (SSSR count). The lowest BCUT2D eigenvalue weighted by atomic mass is 9.43. The molecule has 11 heteroatoms. The van der Waals surface area contributed by atoms with E-state index in [1.54, 1.807) is 0 Å². The zero-order valence-electron chi connectivity index (χ0n) is 57.9. The second-order valence-electron chi connectivity index (χ2n) is 34.1. The Balaban J connectivity index is 0.000000155. The number of methoxy groups -OCH3 is 2. The maximum atomic E-state index is 13.8. The van der Waals surface area contributed by atoms with E-state index in [-0.39, 0.29) is 57.6 Å². The summed E-state index contributed by atoms with van der Waals surface area (Å²) in [6.07, 6.45) is 29.6. The lowest BCUT2D eigenvalue weighted by molar-refractivity contribution is -0.175. The number of ether oxygens (including phenoxy) is 2. The number of carboxylic acids is 1. The topological polar surface area (TPSA) is 182 Å². The third-order valence-corrected chi connectivity index (χ3v) is 31.0. The molecule has 88 heavy (non-hydrogen) atoms. The van der Waals surface area contributed by atoms with Crippen molar-refractivity contribution in [2.75, 3.05) is 14.2 Å². The molecule has 11 nitrogen and oxygen atoms in total. The molecule has 0 saturated heterocycles. The van der Waals surface area contributed by atoms with Crippen LogP contribution in [0.3, 0.4) is 0 Å². The highest BCUT2D eigenvalue weighted by atomic mass is 16.5. The van der Waals surface area contributed by atoms with Gasteiger partial charge >= 0.3 is 17.9 Å². The molecular weight excluding hydrogens is 1100 g/mol. The quantitative estimate of drug-likeness (QED) is 0.158. The highest BCUT2D eigenvalue weighted by molar-refractivity contribution is 5.88. The van der Waals surface area contributed by atoms with Gasteiger partial charge in [-0.2, -0.15) is 0 Å². The minimum Gasteiger partial charge on any atom is -0.481 e. The van der Waals surface area contributed by atoms with Crippen LogP contribution in [0.5, 0.6) is 0 Å². The van der Waals surface area contributed by atoms with E-state index in [1.807, 2.05) is 13.8 Å². The van der Waals surface area contributed by atoms with Crippen LogP contribution in [-0.2, 0) is 38.2 Å². The molecule has 0 spiro atoms. The zero-order valence-corrected chi connectivity index (χ0v) is 57.9. The van der Waals surface area contributed by atoms with Gasteiger partial charge in [0.1, 0.15) is 17.3 Å². The van der Waals surface area contributed by atoms with Gasteiger partial charge in [-0.1, -0.05) is 89.5 Å². The van der Waals surface area contributed by atoms with Crippen LogP contribution in [0, 0.1) is 145 Å². The number of hydrogen-bond acceptors (Lipinski definition) is 10. The molecule has 3 N–H and O–H groups in total. The summed E-state index contributed by atoms with van der Waals surface area (Å²) in [6, 6.07) is 0. The number of esters is 2. The molecule has 0 aromatic carbocycles. The van der Waals surface area contributed by atoms with E-state index in [9.17, 15) is 39.0 Å². The van der Waals surface area contributed by atoms with Crippen LogP contribution in [-0.4, -0.2) is 77.0 Å². The van der Waals surface area contributed by atoms with E-state index in [1.165, 1.54) is 78.4 Å². The second kappa shape index (κ2) is 27.4. The van der Waals surface area contributed by atoms with Crippen molar-refractivity contribution in [3.63, 3.8) is 0 Å². The number of carbonyl (C=O) groups is 6. The third kappa shape index (κ3) is 12.3. The molecule has 500 valence electrons. The summed E-state index contributed by atoms with van der Waals surface area (Å²) >= 11 is 0. The molecule has 0 aromatic heterocycles. The van der Waals surface area contributed by atoms with Gasteiger partial charge in [-0.05, 0) is 275 Å². The first-order chi connectivity index (χ1) is 41.6. The summed E-state index contributed by atoms with van der Waals surface area (Å²) in [6.45, 7) is 27.4. The second-order valence-corrected chi connectivity index (χ2v) is 34.1. The molecule has 12 aliphatic rings. The van der Waals surface area contributed by atoms with Gasteiger partial charge in [-0.3, -0.25) is 28.8 Å². The summed E-state index contributed by atoms with van der Waals surface area (Å²) in [5.41, 5.74) is 0.379. The first kappa shape index (κ1) is 69.7. The Morgan fingerprint density at radius 2 is 0.920 bits per heavy atom. The predicted molar refractivity (Wildman–Crippen MR) is 346 cm³/mol. The van der Waals surface area contributed by atoms with E-state index < -0.39 is 5.97 Å². The number of aliphatic hydroxyl groups is 2. The van der Waals surface area contributed by atoms with Crippen molar-refractivity contribution in [3.05, 3.63) is 0 Å². The molecule has 0 aromatic rings. The van der Waals surface area contributed by atoms with Gasteiger partial charge in [-0.25, -0.2) is 0 Å². The fraction of sp³-hybridized carbons (Fsp3) is 0.922. The lowest BCUT2D eigenvalue weighted by Crippen LogP contribution is -2.58. The van der Waals surface area contributed by atoms with Gasteiger partial charge in [0.05, 0.1) is 26.4 Å². The molecule has 0 bridgehead atoms. The van der Waals surface area contributed by atoms with Crippen molar-refractivity contribution in [1.29, 1.82) is 0 Å². The number of Topliss-reactive ketones (excluding diaryl/α,β-unsaturated/α-hetero) is 3. The number of hydrogen-bond donors (Lipinski definition) is 3. The lowest BCUT2D eigenvalue weighted by Gasteiger charge is -2.62. The van der Waals surface area contributed by atoms with Crippen molar-refractivity contribution in [1.82, 2.24) is 0 Å². The predicted octanol–water partition coefficient (Wildman–Crippen LogP) is 16.5. The molecule has 27 atom stereocenters. The van der Waals surface area contributed by atoms with Crippen LogP contribution in [0.25, 0.3) is 0 Å². The number of carbonyl (C=O) groups excluding carboxylic acids is 5. The van der Waals surface area contributed by atoms with E-state index >= 15 is 0 Å². The Morgan fingerprint density at radius 3 is 1.44 bits per heavy atom. The maximum absolute atomic E-state index is 13.8. The standard InChI is InChI=1S/C26H42O3.C25H38O4.C24H40O4.C2H6/c1-16-12-13-25(3)18(14-16)7-8-19-21-10-9-20(17(2)6-11-24(28)29-5)26(21,4)23(27)15-22(19)25;1-15(5-10-23(28)29-4)19-8-9-20-18-7-6-16-13-17(26)11-12-24(16,2)21(18)14-22(27)25(19,20)3;1-14(4-9-22(27)28)18-7-8-19-17-6-5-15-12-16(25)10-11-23(15,2)20(17)13-21(26)24(18,19)3;1-2/h16-22H,6-15H2,1-5H3;15-16,18-21H,5-14H2,1-4H3;14-21,25-26H,4-13H2,1-3H3,(H,27,28);1-2H3/t16-,17+,18+,19?,20?,21?,22?,25-,26+;15-,16-,18?,19?,20?,21?,24+,25-;14-,15-,16-,17?,18?,19?,20?,21+,23+,24-;/m011./s1. The Hall–Kier alpha value is -2.66.